The van der Waals surface area contributed by atoms with Crippen molar-refractivity contribution in [3.8, 4) is 0 Å². The third-order valence-corrected chi connectivity index (χ3v) is 4.89. The first-order chi connectivity index (χ1) is 7.77. The molecule has 16 heavy (non-hydrogen) atoms. The maximum absolute atomic E-state index is 11.1. The van der Waals surface area contributed by atoms with Crippen LogP contribution in [0.2, 0.25) is 10.1 Å². The summed E-state index contributed by atoms with van der Waals surface area (Å²) in [6, 6.07) is 9.99. The minimum absolute atomic E-state index is 0.0996. The molecule has 0 saturated carbocycles. The van der Waals surface area contributed by atoms with Crippen molar-refractivity contribution in [2.45, 2.75) is 23.2 Å². The fourth-order valence-corrected chi connectivity index (χ4v) is 3.96. The molecule has 1 heterocycles. The molecular formula is C13H14O2Se. The van der Waals surface area contributed by atoms with Crippen LogP contribution in [0.3, 0.4) is 0 Å². The number of rotatable bonds is 3. The van der Waals surface area contributed by atoms with Crippen molar-refractivity contribution < 1.29 is 9.53 Å². The fraction of sp³-hybridized carbons (Fsp3) is 0.308. The Morgan fingerprint density at radius 1 is 1.44 bits per heavy atom. The van der Waals surface area contributed by atoms with Gasteiger partial charge in [-0.1, -0.05) is 0 Å². The van der Waals surface area contributed by atoms with Gasteiger partial charge in [-0.3, -0.25) is 0 Å². The van der Waals surface area contributed by atoms with Gasteiger partial charge in [0.2, 0.25) is 0 Å². The Morgan fingerprint density at radius 2 is 2.19 bits per heavy atom. The molecule has 0 spiro atoms. The second-order valence-electron chi connectivity index (χ2n) is 3.67. The van der Waals surface area contributed by atoms with Crippen molar-refractivity contribution in [3.63, 3.8) is 0 Å². The van der Waals surface area contributed by atoms with Crippen molar-refractivity contribution in [2.75, 3.05) is 0 Å². The van der Waals surface area contributed by atoms with E-state index in [1.807, 2.05) is 30.3 Å². The van der Waals surface area contributed by atoms with Crippen molar-refractivity contribution in [1.29, 1.82) is 0 Å². The number of carbonyl (C=O) groups is 1. The molecule has 1 aromatic rings. The van der Waals surface area contributed by atoms with Crippen LogP contribution >= 0.6 is 0 Å². The van der Waals surface area contributed by atoms with Gasteiger partial charge >= 0.3 is 102 Å². The van der Waals surface area contributed by atoms with E-state index in [9.17, 15) is 4.79 Å². The van der Waals surface area contributed by atoms with Crippen LogP contribution in [-0.4, -0.2) is 20.9 Å². The van der Waals surface area contributed by atoms with Crippen molar-refractivity contribution in [3.05, 3.63) is 48.0 Å². The molecule has 0 amide bonds. The molecule has 2 rings (SSSR count). The van der Waals surface area contributed by atoms with E-state index in [0.29, 0.717) is 19.8 Å². The van der Waals surface area contributed by atoms with E-state index in [4.69, 9.17) is 4.74 Å². The minimum atomic E-state index is -0.204. The Labute approximate surface area is 102 Å². The summed E-state index contributed by atoms with van der Waals surface area (Å²) in [5.41, 5.74) is 1.09. The van der Waals surface area contributed by atoms with Gasteiger partial charge in [-0.25, -0.2) is 0 Å². The second-order valence-corrected chi connectivity index (χ2v) is 6.21. The van der Waals surface area contributed by atoms with Gasteiger partial charge in [0.15, 0.2) is 0 Å². The standard InChI is InChI=1S/C13H14O2Se/c1-10(14)15-13(12-8-5-9-16-12)11-6-3-2-4-7-11/h2-8,12-13H,9H2,1H3/t12-,13-/m0/s1. The summed E-state index contributed by atoms with van der Waals surface area (Å²) in [5, 5.41) is 1.14. The zero-order valence-electron chi connectivity index (χ0n) is 9.13. The first-order valence-corrected chi connectivity index (χ1v) is 7.48. The van der Waals surface area contributed by atoms with E-state index >= 15 is 0 Å². The molecule has 2 nitrogen and oxygen atoms in total. The van der Waals surface area contributed by atoms with Crippen LogP contribution in [-0.2, 0) is 9.53 Å². The molecule has 0 radical (unpaired) electrons. The number of allylic oxidation sites excluding steroid dienone is 1. The monoisotopic (exact) mass is 282 g/mol. The van der Waals surface area contributed by atoms with Crippen LogP contribution in [0.25, 0.3) is 0 Å². The molecule has 0 unspecified atom stereocenters. The molecular weight excluding hydrogens is 267 g/mol. The molecule has 84 valence electrons. The van der Waals surface area contributed by atoms with Gasteiger partial charge in [0.05, 0.1) is 0 Å². The van der Waals surface area contributed by atoms with Crippen LogP contribution < -0.4 is 0 Å². The molecule has 1 aliphatic rings. The van der Waals surface area contributed by atoms with Gasteiger partial charge in [-0.05, 0) is 0 Å². The van der Waals surface area contributed by atoms with Gasteiger partial charge < -0.3 is 0 Å². The van der Waals surface area contributed by atoms with E-state index in [1.165, 1.54) is 6.92 Å². The molecule has 0 N–H and O–H groups in total. The van der Waals surface area contributed by atoms with Crippen molar-refractivity contribution in [2.24, 2.45) is 0 Å². The molecule has 0 aliphatic carbocycles. The van der Waals surface area contributed by atoms with Gasteiger partial charge in [0, 0.05) is 0 Å². The molecule has 0 saturated heterocycles. The average molecular weight is 281 g/mol. The summed E-state index contributed by atoms with van der Waals surface area (Å²) in [5.74, 6) is -0.204. The summed E-state index contributed by atoms with van der Waals surface area (Å²) in [4.78, 5) is 11.5. The Kier molecular flexibility index (Phi) is 3.81. The van der Waals surface area contributed by atoms with Gasteiger partial charge in [-0.15, -0.1) is 0 Å². The molecule has 0 bridgehead atoms. The van der Waals surface area contributed by atoms with E-state index in [2.05, 4.69) is 12.2 Å². The first kappa shape index (κ1) is 11.4. The topological polar surface area (TPSA) is 26.3 Å². The Balaban J connectivity index is 2.20. The Hall–Kier alpha value is -1.05. The molecule has 1 aliphatic heterocycles. The van der Waals surface area contributed by atoms with Gasteiger partial charge in [0.25, 0.3) is 0 Å². The van der Waals surface area contributed by atoms with Crippen LogP contribution in [0, 0.1) is 0 Å². The van der Waals surface area contributed by atoms with E-state index in [1.54, 1.807) is 0 Å². The van der Waals surface area contributed by atoms with Crippen LogP contribution in [0.15, 0.2) is 42.5 Å². The van der Waals surface area contributed by atoms with E-state index in [-0.39, 0.29) is 12.1 Å². The second kappa shape index (κ2) is 5.33. The van der Waals surface area contributed by atoms with E-state index in [0.717, 1.165) is 10.9 Å². The van der Waals surface area contributed by atoms with Crippen molar-refractivity contribution in [1.82, 2.24) is 0 Å². The van der Waals surface area contributed by atoms with E-state index < -0.39 is 0 Å². The van der Waals surface area contributed by atoms with Crippen LogP contribution in [0.5, 0.6) is 0 Å². The zero-order valence-corrected chi connectivity index (χ0v) is 10.8. The molecule has 2 atom stereocenters. The number of ether oxygens (including phenoxy) is 1. The molecule has 3 heteroatoms. The average Bonchev–Trinajstić information content (AvgIpc) is 2.80. The normalized spacial score (nSPS) is 20.7. The molecule has 0 fully saturated rings. The zero-order chi connectivity index (χ0) is 11.4. The number of carbonyl (C=O) groups excluding carboxylic acids is 1. The quantitative estimate of drug-likeness (QED) is 0.484. The van der Waals surface area contributed by atoms with Gasteiger partial charge in [0.1, 0.15) is 0 Å². The van der Waals surface area contributed by atoms with Gasteiger partial charge in [-0.2, -0.15) is 0 Å². The third-order valence-electron chi connectivity index (χ3n) is 2.43. The molecule has 1 aromatic carbocycles. The third kappa shape index (κ3) is 2.75. The first-order valence-electron chi connectivity index (χ1n) is 5.28. The summed E-state index contributed by atoms with van der Waals surface area (Å²) in [6.07, 6.45) is 4.27. The SMILES string of the molecule is CC(=O)O[C@@H](c1ccccc1)[C@@H]1C=CC[Se]1. The number of hydrogen-bond acceptors (Lipinski definition) is 2. The molecule has 0 aromatic heterocycles. The summed E-state index contributed by atoms with van der Waals surface area (Å²) < 4.78 is 5.45. The maximum atomic E-state index is 11.1. The van der Waals surface area contributed by atoms with Crippen LogP contribution in [0.4, 0.5) is 0 Å². The van der Waals surface area contributed by atoms with Crippen molar-refractivity contribution >= 4 is 20.9 Å². The summed E-state index contributed by atoms with van der Waals surface area (Å²) >= 11 is 0.510. The Morgan fingerprint density at radius 3 is 2.75 bits per heavy atom. The predicted octanol–water partition coefficient (Wildman–Crippen LogP) is 2.77. The number of esters is 1. The fourth-order valence-electron chi connectivity index (χ4n) is 1.75. The van der Waals surface area contributed by atoms with Crippen LogP contribution in [0.1, 0.15) is 18.6 Å². The number of benzene rings is 1. The predicted molar refractivity (Wildman–Crippen MR) is 64.4 cm³/mol. The summed E-state index contributed by atoms with van der Waals surface area (Å²) in [7, 11) is 0. The Bertz CT molecular complexity index is 386. The summed E-state index contributed by atoms with van der Waals surface area (Å²) in [6.45, 7) is 1.47. The number of hydrogen-bond donors (Lipinski definition) is 0.